The number of hydrogen-bond acceptors (Lipinski definition) is 2. The molecule has 1 fully saturated rings. The van der Waals surface area contributed by atoms with Gasteiger partial charge in [-0.2, -0.15) is 22.7 Å². The van der Waals surface area contributed by atoms with Crippen LogP contribution in [0.15, 0.2) is 69.6 Å². The fourth-order valence-electron chi connectivity index (χ4n) is 4.26. The molecule has 0 amide bonds. The topological polar surface area (TPSA) is 21.1 Å². The Bertz CT molecular complexity index is 833. The Hall–Kier alpha value is -1.14. The molecular formula is C24H30Cl2N2S2. The summed E-state index contributed by atoms with van der Waals surface area (Å²) in [5.41, 5.74) is 7.14. The van der Waals surface area contributed by atoms with Crippen molar-refractivity contribution in [1.82, 2.24) is 0 Å². The molecule has 0 bridgehead atoms. The molecule has 1 aliphatic heterocycles. The molecule has 3 aromatic rings. The lowest BCUT2D eigenvalue weighted by atomic mass is 9.97. The number of likely N-dealkylation sites (tertiary alicyclic amines) is 1. The highest BCUT2D eigenvalue weighted by Crippen LogP contribution is 2.29. The van der Waals surface area contributed by atoms with Gasteiger partial charge in [0.05, 0.1) is 25.7 Å². The van der Waals surface area contributed by atoms with E-state index in [0.29, 0.717) is 0 Å². The highest BCUT2D eigenvalue weighted by Gasteiger charge is 2.24. The Morgan fingerprint density at radius 1 is 0.933 bits per heavy atom. The number of nitrogens with one attached hydrogen (secondary N) is 1. The molecule has 1 aliphatic rings. The maximum atomic E-state index is 2.59. The summed E-state index contributed by atoms with van der Waals surface area (Å²) in [7, 11) is 0. The van der Waals surface area contributed by atoms with Crippen molar-refractivity contribution in [1.29, 1.82) is 0 Å². The van der Waals surface area contributed by atoms with Crippen LogP contribution in [0.1, 0.15) is 36.5 Å². The first-order chi connectivity index (χ1) is 13.8. The Morgan fingerprint density at radius 3 is 2.07 bits per heavy atom. The van der Waals surface area contributed by atoms with E-state index in [-0.39, 0.29) is 24.8 Å². The van der Waals surface area contributed by atoms with Gasteiger partial charge in [-0.3, -0.25) is 0 Å². The van der Waals surface area contributed by atoms with Gasteiger partial charge < -0.3 is 35.0 Å². The monoisotopic (exact) mass is 480 g/mol. The van der Waals surface area contributed by atoms with E-state index in [0.717, 1.165) is 12.6 Å². The first-order valence-electron chi connectivity index (χ1n) is 10.3. The average molecular weight is 482 g/mol. The molecule has 0 spiro atoms. The third-order valence-electron chi connectivity index (χ3n) is 5.84. The summed E-state index contributed by atoms with van der Waals surface area (Å²) in [5.74, 6) is 0. The van der Waals surface area contributed by atoms with Gasteiger partial charge in [0.1, 0.15) is 6.54 Å². The minimum atomic E-state index is 0. The lowest BCUT2D eigenvalue weighted by Gasteiger charge is -2.28. The van der Waals surface area contributed by atoms with Crippen LogP contribution in [0.5, 0.6) is 0 Å². The molecule has 1 aromatic carbocycles. The zero-order valence-electron chi connectivity index (χ0n) is 17.3. The first-order valence-corrected chi connectivity index (χ1v) is 12.1. The smallest absolute Gasteiger partial charge is 0.103 e. The lowest BCUT2D eigenvalue weighted by Crippen LogP contribution is -3.13. The molecule has 30 heavy (non-hydrogen) atoms. The van der Waals surface area contributed by atoms with Gasteiger partial charge in [-0.15, -0.1) is 0 Å². The summed E-state index contributed by atoms with van der Waals surface area (Å²) < 4.78 is 0. The standard InChI is InChI=1S/C24H28N2S2.2ClH/c1-19(24(21-9-13-27-17-21)22-10-14-28-18-22)15-25-23-7-11-26(12-8-23)16-20-5-3-2-4-6-20;;/h2-6,9-10,13-14,17-18,23,25H,7-8,11-12,15-16H2,1H3;2*1H. The summed E-state index contributed by atoms with van der Waals surface area (Å²) in [6, 6.07) is 16.2. The maximum Gasteiger partial charge on any atom is 0.103 e. The number of quaternary nitrogens is 2. The molecule has 6 heteroatoms. The van der Waals surface area contributed by atoms with Gasteiger partial charge in [-0.05, 0) is 62.8 Å². The lowest BCUT2D eigenvalue weighted by molar-refractivity contribution is -0.926. The van der Waals surface area contributed by atoms with Crippen molar-refractivity contribution >= 4 is 28.2 Å². The molecule has 2 aromatic heterocycles. The van der Waals surface area contributed by atoms with Gasteiger partial charge in [0.15, 0.2) is 0 Å². The number of nitrogens with two attached hydrogens (primary N) is 1. The van der Waals surface area contributed by atoms with Gasteiger partial charge in [0, 0.05) is 18.4 Å². The van der Waals surface area contributed by atoms with E-state index < -0.39 is 0 Å². The fourth-order valence-corrected chi connectivity index (χ4v) is 5.56. The Labute approximate surface area is 200 Å². The van der Waals surface area contributed by atoms with E-state index in [1.165, 1.54) is 60.3 Å². The van der Waals surface area contributed by atoms with Crippen LogP contribution >= 0.6 is 22.7 Å². The van der Waals surface area contributed by atoms with Crippen LogP contribution in [-0.2, 0) is 6.54 Å². The predicted molar refractivity (Wildman–Crippen MR) is 121 cm³/mol. The zero-order chi connectivity index (χ0) is 19.2. The Morgan fingerprint density at radius 2 is 1.53 bits per heavy atom. The van der Waals surface area contributed by atoms with Gasteiger partial charge in [0.25, 0.3) is 0 Å². The van der Waals surface area contributed by atoms with Crippen LogP contribution < -0.4 is 35.0 Å². The molecule has 3 N–H and O–H groups in total. The minimum Gasteiger partial charge on any atom is -1.00 e. The van der Waals surface area contributed by atoms with E-state index in [2.05, 4.69) is 76.2 Å². The van der Waals surface area contributed by atoms with Crippen LogP contribution in [0.2, 0.25) is 0 Å². The molecule has 3 heterocycles. The summed E-state index contributed by atoms with van der Waals surface area (Å²) in [6.07, 6.45) is 2.64. The normalized spacial score (nSPS) is 18.2. The molecule has 1 saturated heterocycles. The van der Waals surface area contributed by atoms with Crippen molar-refractivity contribution in [3.8, 4) is 0 Å². The largest absolute Gasteiger partial charge is 1.00 e. The van der Waals surface area contributed by atoms with Crippen LogP contribution in [0.25, 0.3) is 5.57 Å². The summed E-state index contributed by atoms with van der Waals surface area (Å²) >= 11 is 3.57. The molecular weight excluding hydrogens is 451 g/mol. The molecule has 0 saturated carbocycles. The van der Waals surface area contributed by atoms with Crippen LogP contribution in [0.4, 0.5) is 0 Å². The summed E-state index contributed by atoms with van der Waals surface area (Å²) in [6.45, 7) is 7.17. The Balaban J connectivity index is 0.00000160. The SMILES string of the molecule is CC(C[NH2+]C1CC[NH+](Cc2ccccc2)CC1)=C(c1ccsc1)c1ccsc1.[Cl-].[Cl-]. The number of thiophene rings is 2. The van der Waals surface area contributed by atoms with Gasteiger partial charge in [-0.25, -0.2) is 0 Å². The van der Waals surface area contributed by atoms with E-state index in [4.69, 9.17) is 0 Å². The van der Waals surface area contributed by atoms with Crippen molar-refractivity contribution in [3.05, 3.63) is 86.2 Å². The van der Waals surface area contributed by atoms with Crippen molar-refractivity contribution in [3.63, 3.8) is 0 Å². The summed E-state index contributed by atoms with van der Waals surface area (Å²) in [5, 5.41) is 11.5. The average Bonchev–Trinajstić information content (AvgIpc) is 3.44. The fraction of sp³-hybridized carbons (Fsp3) is 0.333. The summed E-state index contributed by atoms with van der Waals surface area (Å²) in [4.78, 5) is 1.74. The third-order valence-corrected chi connectivity index (χ3v) is 7.20. The predicted octanol–water partition coefficient (Wildman–Crippen LogP) is -2.55. The highest BCUT2D eigenvalue weighted by molar-refractivity contribution is 7.08. The molecule has 0 unspecified atom stereocenters. The third kappa shape index (κ3) is 6.68. The molecule has 0 radical (unpaired) electrons. The zero-order valence-corrected chi connectivity index (χ0v) is 20.5. The van der Waals surface area contributed by atoms with Gasteiger partial charge >= 0.3 is 0 Å². The quantitative estimate of drug-likeness (QED) is 0.371. The molecule has 2 nitrogen and oxygen atoms in total. The minimum absolute atomic E-state index is 0. The number of benzene rings is 1. The maximum absolute atomic E-state index is 2.59. The number of hydrogen-bond donors (Lipinski definition) is 2. The molecule has 0 aliphatic carbocycles. The van der Waals surface area contributed by atoms with E-state index in [1.54, 1.807) is 27.6 Å². The van der Waals surface area contributed by atoms with E-state index >= 15 is 0 Å². The second kappa shape index (κ2) is 12.7. The van der Waals surface area contributed by atoms with E-state index in [1.807, 2.05) is 0 Å². The number of piperidine rings is 1. The second-order valence-corrected chi connectivity index (χ2v) is 9.43. The number of rotatable bonds is 7. The van der Waals surface area contributed by atoms with Crippen LogP contribution in [0.3, 0.4) is 0 Å². The van der Waals surface area contributed by atoms with Gasteiger partial charge in [0.2, 0.25) is 0 Å². The Kier molecular flexibility index (Phi) is 10.6. The van der Waals surface area contributed by atoms with E-state index in [9.17, 15) is 0 Å². The molecule has 4 rings (SSSR count). The number of halogens is 2. The molecule has 0 atom stereocenters. The van der Waals surface area contributed by atoms with Crippen molar-refractivity contribution in [2.75, 3.05) is 19.6 Å². The second-order valence-electron chi connectivity index (χ2n) is 7.87. The highest BCUT2D eigenvalue weighted by atomic mass is 35.5. The van der Waals surface area contributed by atoms with Crippen LogP contribution in [0, 0.1) is 0 Å². The first kappa shape index (κ1) is 25.1. The van der Waals surface area contributed by atoms with Crippen molar-refractivity contribution < 1.29 is 35.0 Å². The van der Waals surface area contributed by atoms with Gasteiger partial charge in [-0.1, -0.05) is 30.3 Å². The van der Waals surface area contributed by atoms with Crippen molar-refractivity contribution in [2.24, 2.45) is 0 Å². The van der Waals surface area contributed by atoms with Crippen LogP contribution in [-0.4, -0.2) is 25.7 Å². The molecule has 162 valence electrons. The van der Waals surface area contributed by atoms with Crippen molar-refractivity contribution in [2.45, 2.75) is 32.4 Å².